The van der Waals surface area contributed by atoms with E-state index in [2.05, 4.69) is 4.98 Å². The SMILES string of the molecule is OCCN(Cc1ncc(-c2ccc(F)cc2)o1)CC(F)F. The quantitative estimate of drug-likeness (QED) is 0.853. The summed E-state index contributed by atoms with van der Waals surface area (Å²) < 4.78 is 43.1. The second-order valence-electron chi connectivity index (χ2n) is 4.47. The van der Waals surface area contributed by atoms with Crippen molar-refractivity contribution >= 4 is 0 Å². The lowest BCUT2D eigenvalue weighted by Crippen LogP contribution is -2.31. The minimum atomic E-state index is -2.50. The van der Waals surface area contributed by atoms with Crippen LogP contribution in [-0.4, -0.2) is 41.1 Å². The Balaban J connectivity index is 2.06. The van der Waals surface area contributed by atoms with Gasteiger partial charge in [0.05, 0.1) is 25.9 Å². The standard InChI is InChI=1S/C14H15F3N2O2/c15-11-3-1-10(2-4-11)12-7-18-14(21-12)9-19(5-6-20)8-13(16)17/h1-4,7,13,20H,5-6,8-9H2. The van der Waals surface area contributed by atoms with E-state index in [9.17, 15) is 13.2 Å². The highest BCUT2D eigenvalue weighted by Crippen LogP contribution is 2.21. The van der Waals surface area contributed by atoms with Crippen LogP contribution in [0, 0.1) is 5.82 Å². The molecular formula is C14H15F3N2O2. The fourth-order valence-corrected chi connectivity index (χ4v) is 1.89. The minimum Gasteiger partial charge on any atom is -0.439 e. The maximum Gasteiger partial charge on any atom is 0.251 e. The van der Waals surface area contributed by atoms with Crippen LogP contribution >= 0.6 is 0 Å². The fraction of sp³-hybridized carbons (Fsp3) is 0.357. The minimum absolute atomic E-state index is 0.0755. The van der Waals surface area contributed by atoms with Crippen molar-refractivity contribution in [1.29, 1.82) is 0 Å². The molecule has 2 rings (SSSR count). The molecule has 2 aromatic rings. The van der Waals surface area contributed by atoms with Gasteiger partial charge in [-0.2, -0.15) is 0 Å². The first-order valence-electron chi connectivity index (χ1n) is 6.40. The third-order valence-electron chi connectivity index (χ3n) is 2.85. The number of nitrogens with zero attached hydrogens (tertiary/aromatic N) is 2. The van der Waals surface area contributed by atoms with Crippen molar-refractivity contribution < 1.29 is 22.7 Å². The second kappa shape index (κ2) is 7.24. The summed E-state index contributed by atoms with van der Waals surface area (Å²) in [6.45, 7) is -0.502. The van der Waals surface area contributed by atoms with Crippen LogP contribution in [0.3, 0.4) is 0 Å². The molecule has 0 aliphatic carbocycles. The van der Waals surface area contributed by atoms with Crippen molar-refractivity contribution in [1.82, 2.24) is 9.88 Å². The molecule has 0 saturated carbocycles. The van der Waals surface area contributed by atoms with Crippen molar-refractivity contribution in [3.63, 3.8) is 0 Å². The van der Waals surface area contributed by atoms with Gasteiger partial charge in [0.1, 0.15) is 5.82 Å². The zero-order valence-corrected chi connectivity index (χ0v) is 11.2. The van der Waals surface area contributed by atoms with Crippen LogP contribution in [0.4, 0.5) is 13.2 Å². The number of hydrogen-bond acceptors (Lipinski definition) is 4. The van der Waals surface area contributed by atoms with Crippen LogP contribution in [0.15, 0.2) is 34.9 Å². The first-order chi connectivity index (χ1) is 10.1. The predicted molar refractivity (Wildman–Crippen MR) is 70.3 cm³/mol. The van der Waals surface area contributed by atoms with E-state index >= 15 is 0 Å². The third kappa shape index (κ3) is 4.57. The van der Waals surface area contributed by atoms with Crippen molar-refractivity contribution in [3.05, 3.63) is 42.2 Å². The maximum absolute atomic E-state index is 12.8. The van der Waals surface area contributed by atoms with Crippen molar-refractivity contribution in [2.24, 2.45) is 0 Å². The van der Waals surface area contributed by atoms with Gasteiger partial charge in [-0.05, 0) is 24.3 Å². The number of hydrogen-bond donors (Lipinski definition) is 1. The summed E-state index contributed by atoms with van der Waals surface area (Å²) in [6, 6.07) is 5.69. The molecule has 0 aliphatic heterocycles. The molecule has 0 unspecified atom stereocenters. The molecule has 4 nitrogen and oxygen atoms in total. The number of aliphatic hydroxyl groups excluding tert-OH is 1. The molecule has 0 radical (unpaired) electrons. The number of aromatic nitrogens is 1. The van der Waals surface area contributed by atoms with Crippen LogP contribution < -0.4 is 0 Å². The molecule has 0 saturated heterocycles. The highest BCUT2D eigenvalue weighted by atomic mass is 19.3. The average Bonchev–Trinajstić information content (AvgIpc) is 2.87. The maximum atomic E-state index is 12.8. The highest BCUT2D eigenvalue weighted by molar-refractivity contribution is 5.55. The van der Waals surface area contributed by atoms with Crippen LogP contribution in [0.2, 0.25) is 0 Å². The monoisotopic (exact) mass is 300 g/mol. The Labute approximate surface area is 119 Å². The number of alkyl halides is 2. The van der Waals surface area contributed by atoms with Gasteiger partial charge < -0.3 is 9.52 Å². The number of benzene rings is 1. The molecule has 0 atom stereocenters. The van der Waals surface area contributed by atoms with E-state index in [1.807, 2.05) is 0 Å². The largest absolute Gasteiger partial charge is 0.439 e. The topological polar surface area (TPSA) is 49.5 Å². The molecule has 114 valence electrons. The Kier molecular flexibility index (Phi) is 5.35. The molecule has 1 aromatic heterocycles. The third-order valence-corrected chi connectivity index (χ3v) is 2.85. The summed E-state index contributed by atoms with van der Waals surface area (Å²) in [7, 11) is 0. The van der Waals surface area contributed by atoms with Crippen molar-refractivity contribution in [3.8, 4) is 11.3 Å². The van der Waals surface area contributed by atoms with Crippen LogP contribution in [0.25, 0.3) is 11.3 Å². The number of aliphatic hydroxyl groups is 1. The molecule has 1 N–H and O–H groups in total. The number of rotatable bonds is 7. The lowest BCUT2D eigenvalue weighted by atomic mass is 10.2. The van der Waals surface area contributed by atoms with Gasteiger partial charge in [-0.25, -0.2) is 18.2 Å². The predicted octanol–water partition coefficient (Wildman–Crippen LogP) is 2.54. The van der Waals surface area contributed by atoms with Crippen LogP contribution in [0.5, 0.6) is 0 Å². The number of halogens is 3. The molecule has 0 amide bonds. The van der Waals surface area contributed by atoms with Gasteiger partial charge in [0.25, 0.3) is 6.43 Å². The van der Waals surface area contributed by atoms with Gasteiger partial charge in [-0.15, -0.1) is 0 Å². The lowest BCUT2D eigenvalue weighted by molar-refractivity contribution is 0.0704. The zero-order chi connectivity index (χ0) is 15.2. The molecular weight excluding hydrogens is 285 g/mol. The summed E-state index contributed by atoms with van der Waals surface area (Å²) in [4.78, 5) is 5.37. The van der Waals surface area contributed by atoms with E-state index in [0.717, 1.165) is 0 Å². The zero-order valence-electron chi connectivity index (χ0n) is 11.2. The van der Waals surface area contributed by atoms with E-state index in [0.29, 0.717) is 11.3 Å². The van der Waals surface area contributed by atoms with Gasteiger partial charge in [0, 0.05) is 12.1 Å². The summed E-state index contributed by atoms with van der Waals surface area (Å²) in [5.41, 5.74) is 0.651. The highest BCUT2D eigenvalue weighted by Gasteiger charge is 2.15. The Hall–Kier alpha value is -1.86. The number of oxazole rings is 1. The summed E-state index contributed by atoms with van der Waals surface area (Å²) in [5, 5.41) is 8.86. The van der Waals surface area contributed by atoms with Crippen LogP contribution in [-0.2, 0) is 6.54 Å². The molecule has 0 aliphatic rings. The lowest BCUT2D eigenvalue weighted by Gasteiger charge is -2.18. The van der Waals surface area contributed by atoms with Gasteiger partial charge >= 0.3 is 0 Å². The van der Waals surface area contributed by atoms with Crippen molar-refractivity contribution in [2.75, 3.05) is 19.7 Å². The summed E-state index contributed by atoms with van der Waals surface area (Å²) in [6.07, 6.45) is -1.04. The first kappa shape index (κ1) is 15.5. The molecule has 0 spiro atoms. The van der Waals surface area contributed by atoms with Gasteiger partial charge in [-0.1, -0.05) is 0 Å². The molecule has 1 heterocycles. The first-order valence-corrected chi connectivity index (χ1v) is 6.40. The van der Waals surface area contributed by atoms with Gasteiger partial charge in [0.15, 0.2) is 5.76 Å². The normalized spacial score (nSPS) is 11.5. The Morgan fingerprint density at radius 2 is 1.95 bits per heavy atom. The van der Waals surface area contributed by atoms with Crippen LogP contribution in [0.1, 0.15) is 5.89 Å². The molecule has 21 heavy (non-hydrogen) atoms. The van der Waals surface area contributed by atoms with Gasteiger partial charge in [-0.3, -0.25) is 4.90 Å². The van der Waals surface area contributed by atoms with Crippen molar-refractivity contribution in [2.45, 2.75) is 13.0 Å². The van der Waals surface area contributed by atoms with E-state index in [-0.39, 0.29) is 31.4 Å². The summed E-state index contributed by atoms with van der Waals surface area (Å²) >= 11 is 0. The van der Waals surface area contributed by atoms with E-state index in [1.165, 1.54) is 23.2 Å². The van der Waals surface area contributed by atoms with E-state index < -0.39 is 13.0 Å². The van der Waals surface area contributed by atoms with E-state index in [4.69, 9.17) is 9.52 Å². The average molecular weight is 300 g/mol. The molecule has 1 aromatic carbocycles. The molecule has 7 heteroatoms. The van der Waals surface area contributed by atoms with E-state index in [1.54, 1.807) is 12.1 Å². The van der Waals surface area contributed by atoms with Gasteiger partial charge in [0.2, 0.25) is 5.89 Å². The smallest absolute Gasteiger partial charge is 0.251 e. The fourth-order valence-electron chi connectivity index (χ4n) is 1.89. The Bertz CT molecular complexity index is 558. The molecule has 0 bridgehead atoms. The Morgan fingerprint density at radius 3 is 2.57 bits per heavy atom. The Morgan fingerprint density at radius 1 is 1.24 bits per heavy atom. The molecule has 0 fully saturated rings. The summed E-state index contributed by atoms with van der Waals surface area (Å²) in [5.74, 6) is 0.346. The second-order valence-corrected chi connectivity index (χ2v) is 4.47.